The summed E-state index contributed by atoms with van der Waals surface area (Å²) < 4.78 is 16.3. The summed E-state index contributed by atoms with van der Waals surface area (Å²) in [6.07, 6.45) is -3.27. The molecule has 1 aliphatic heterocycles. The van der Waals surface area contributed by atoms with E-state index >= 15 is 0 Å². The van der Waals surface area contributed by atoms with Gasteiger partial charge in [-0.2, -0.15) is 0 Å². The Hall–Kier alpha value is 0.0169. The number of hydrogen-bond donors (Lipinski definition) is 2. The molecule has 1 heterocycles. The standard InChI is InChI=1S/C12H26O5Si/c1-12(2,3)18(5,6)16-7-8-9(13)10(14)11(15-4)17-8/h8-11,13-14H,7H2,1-6H3/t8-,9-,10-,11+/m1/s1. The van der Waals surface area contributed by atoms with E-state index in [1.54, 1.807) is 0 Å². The second kappa shape index (κ2) is 5.56. The van der Waals surface area contributed by atoms with Gasteiger partial charge in [-0.3, -0.25) is 0 Å². The number of rotatable bonds is 4. The maximum absolute atomic E-state index is 9.84. The zero-order valence-corrected chi connectivity index (χ0v) is 13.1. The van der Waals surface area contributed by atoms with Crippen molar-refractivity contribution in [1.82, 2.24) is 0 Å². The maximum atomic E-state index is 9.84. The molecule has 18 heavy (non-hydrogen) atoms. The SMILES string of the molecule is CO[C@H]1O[C@H](CO[Si](C)(C)C(C)(C)C)[C@@H](O)[C@H]1O. The van der Waals surface area contributed by atoms with Crippen molar-refractivity contribution >= 4 is 8.32 Å². The molecule has 1 saturated heterocycles. The third kappa shape index (κ3) is 3.31. The number of ether oxygens (including phenoxy) is 2. The van der Waals surface area contributed by atoms with Crippen molar-refractivity contribution < 1.29 is 24.1 Å². The van der Waals surface area contributed by atoms with Gasteiger partial charge < -0.3 is 24.1 Å². The van der Waals surface area contributed by atoms with Crippen LogP contribution >= 0.6 is 0 Å². The summed E-state index contributed by atoms with van der Waals surface area (Å²) in [7, 11) is -0.428. The Morgan fingerprint density at radius 3 is 2.11 bits per heavy atom. The molecule has 1 aliphatic rings. The third-order valence-corrected chi connectivity index (χ3v) is 8.47. The summed E-state index contributed by atoms with van der Waals surface area (Å²) in [6.45, 7) is 11.0. The van der Waals surface area contributed by atoms with Gasteiger partial charge in [0, 0.05) is 7.11 Å². The fraction of sp³-hybridized carbons (Fsp3) is 1.00. The molecule has 0 aromatic rings. The van der Waals surface area contributed by atoms with Crippen molar-refractivity contribution in [1.29, 1.82) is 0 Å². The van der Waals surface area contributed by atoms with Crippen LogP contribution in [0.1, 0.15) is 20.8 Å². The molecule has 0 aliphatic carbocycles. The Morgan fingerprint density at radius 1 is 1.17 bits per heavy atom. The Labute approximate surface area is 110 Å². The van der Waals surface area contributed by atoms with Gasteiger partial charge in [0.15, 0.2) is 14.6 Å². The number of aliphatic hydroxyl groups excluding tert-OH is 2. The van der Waals surface area contributed by atoms with Crippen molar-refractivity contribution in [2.45, 2.75) is 63.5 Å². The minimum absolute atomic E-state index is 0.107. The quantitative estimate of drug-likeness (QED) is 0.754. The molecule has 0 radical (unpaired) electrons. The van der Waals surface area contributed by atoms with Gasteiger partial charge in [-0.15, -0.1) is 0 Å². The molecule has 0 unspecified atom stereocenters. The second-order valence-electron chi connectivity index (χ2n) is 6.33. The van der Waals surface area contributed by atoms with E-state index in [4.69, 9.17) is 13.9 Å². The molecule has 1 fully saturated rings. The number of aliphatic hydroxyl groups is 2. The van der Waals surface area contributed by atoms with Crippen LogP contribution in [0.15, 0.2) is 0 Å². The first-order valence-electron chi connectivity index (χ1n) is 6.28. The highest BCUT2D eigenvalue weighted by atomic mass is 28.4. The van der Waals surface area contributed by atoms with Crippen LogP contribution in [0.3, 0.4) is 0 Å². The molecule has 2 N–H and O–H groups in total. The molecule has 4 atom stereocenters. The van der Waals surface area contributed by atoms with Crippen molar-refractivity contribution in [2.24, 2.45) is 0 Å². The van der Waals surface area contributed by atoms with E-state index in [2.05, 4.69) is 33.9 Å². The zero-order chi connectivity index (χ0) is 14.1. The highest BCUT2D eigenvalue weighted by Crippen LogP contribution is 2.37. The lowest BCUT2D eigenvalue weighted by atomic mass is 10.1. The van der Waals surface area contributed by atoms with Gasteiger partial charge in [0.1, 0.15) is 18.3 Å². The van der Waals surface area contributed by atoms with Crippen LogP contribution in [0.2, 0.25) is 18.1 Å². The minimum Gasteiger partial charge on any atom is -0.414 e. The Bertz CT molecular complexity index is 276. The molecular weight excluding hydrogens is 252 g/mol. The summed E-state index contributed by atoms with van der Waals surface area (Å²) in [5.41, 5.74) is 0. The minimum atomic E-state index is -1.87. The molecule has 6 heteroatoms. The highest BCUT2D eigenvalue weighted by molar-refractivity contribution is 6.74. The summed E-state index contributed by atoms with van der Waals surface area (Å²) >= 11 is 0. The summed E-state index contributed by atoms with van der Waals surface area (Å²) in [4.78, 5) is 0. The van der Waals surface area contributed by atoms with Crippen LogP contribution in [0.5, 0.6) is 0 Å². The average Bonchev–Trinajstić information content (AvgIpc) is 2.52. The van der Waals surface area contributed by atoms with Crippen molar-refractivity contribution in [3.8, 4) is 0 Å². The summed E-state index contributed by atoms with van der Waals surface area (Å²) in [5, 5.41) is 19.6. The lowest BCUT2D eigenvalue weighted by Crippen LogP contribution is -2.44. The summed E-state index contributed by atoms with van der Waals surface area (Å²) in [5.74, 6) is 0. The number of hydrogen-bond acceptors (Lipinski definition) is 5. The van der Waals surface area contributed by atoms with Crippen LogP contribution < -0.4 is 0 Å². The largest absolute Gasteiger partial charge is 0.414 e. The molecule has 0 amide bonds. The molecule has 0 aromatic heterocycles. The smallest absolute Gasteiger partial charge is 0.192 e. The molecule has 108 valence electrons. The fourth-order valence-electron chi connectivity index (χ4n) is 1.55. The van der Waals surface area contributed by atoms with Gasteiger partial charge >= 0.3 is 0 Å². The van der Waals surface area contributed by atoms with E-state index in [1.165, 1.54) is 7.11 Å². The first kappa shape index (κ1) is 16.1. The van der Waals surface area contributed by atoms with Gasteiger partial charge in [-0.05, 0) is 18.1 Å². The van der Waals surface area contributed by atoms with Crippen molar-refractivity contribution in [3.63, 3.8) is 0 Å². The lowest BCUT2D eigenvalue weighted by Gasteiger charge is -2.37. The second-order valence-corrected chi connectivity index (χ2v) is 11.1. The van der Waals surface area contributed by atoms with E-state index in [-0.39, 0.29) is 11.6 Å². The van der Waals surface area contributed by atoms with Crippen LogP contribution in [0.25, 0.3) is 0 Å². The number of methoxy groups -OCH3 is 1. The monoisotopic (exact) mass is 278 g/mol. The van der Waals surface area contributed by atoms with Crippen LogP contribution in [0.4, 0.5) is 0 Å². The van der Waals surface area contributed by atoms with Gasteiger partial charge in [0.25, 0.3) is 0 Å². The van der Waals surface area contributed by atoms with Crippen molar-refractivity contribution in [2.75, 3.05) is 13.7 Å². The van der Waals surface area contributed by atoms with Gasteiger partial charge in [0.2, 0.25) is 0 Å². The summed E-state index contributed by atoms with van der Waals surface area (Å²) in [6, 6.07) is 0. The van der Waals surface area contributed by atoms with E-state index in [9.17, 15) is 10.2 Å². The van der Waals surface area contributed by atoms with E-state index in [0.29, 0.717) is 0 Å². The highest BCUT2D eigenvalue weighted by Gasteiger charge is 2.45. The zero-order valence-electron chi connectivity index (χ0n) is 12.1. The Morgan fingerprint density at radius 2 is 1.72 bits per heavy atom. The predicted molar refractivity (Wildman–Crippen MR) is 70.8 cm³/mol. The molecule has 0 spiro atoms. The van der Waals surface area contributed by atoms with E-state index in [1.807, 2.05) is 0 Å². The van der Waals surface area contributed by atoms with Crippen LogP contribution in [-0.4, -0.2) is 56.8 Å². The maximum Gasteiger partial charge on any atom is 0.192 e. The van der Waals surface area contributed by atoms with Crippen LogP contribution in [-0.2, 0) is 13.9 Å². The molecule has 0 aromatic carbocycles. The first-order valence-corrected chi connectivity index (χ1v) is 9.19. The topological polar surface area (TPSA) is 68.2 Å². The first-order chi connectivity index (χ1) is 8.10. The van der Waals surface area contributed by atoms with E-state index in [0.717, 1.165) is 0 Å². The normalized spacial score (nSPS) is 34.0. The molecule has 5 nitrogen and oxygen atoms in total. The predicted octanol–water partition coefficient (Wildman–Crippen LogP) is 1.10. The van der Waals surface area contributed by atoms with Gasteiger partial charge in [-0.1, -0.05) is 20.8 Å². The molecule has 1 rings (SSSR count). The van der Waals surface area contributed by atoms with Crippen LogP contribution in [0, 0.1) is 0 Å². The molecule has 0 saturated carbocycles. The lowest BCUT2D eigenvalue weighted by molar-refractivity contribution is -0.152. The fourth-order valence-corrected chi connectivity index (χ4v) is 2.57. The Balaban J connectivity index is 2.55. The van der Waals surface area contributed by atoms with Gasteiger partial charge in [0.05, 0.1) is 6.61 Å². The van der Waals surface area contributed by atoms with Gasteiger partial charge in [-0.25, -0.2) is 0 Å². The average molecular weight is 278 g/mol. The Kier molecular flexibility index (Phi) is 4.97. The third-order valence-electron chi connectivity index (χ3n) is 3.97. The van der Waals surface area contributed by atoms with Crippen molar-refractivity contribution in [3.05, 3.63) is 0 Å². The molecular formula is C12H26O5Si. The molecule has 0 bridgehead atoms. The van der Waals surface area contributed by atoms with E-state index < -0.39 is 32.9 Å².